The summed E-state index contributed by atoms with van der Waals surface area (Å²) in [5.74, 6) is -3.86. The Morgan fingerprint density at radius 2 is 1.80 bits per heavy atom. The highest BCUT2D eigenvalue weighted by Gasteiger charge is 2.60. The van der Waals surface area contributed by atoms with E-state index in [4.69, 9.17) is 9.47 Å². The Hall–Kier alpha value is -3.80. The summed E-state index contributed by atoms with van der Waals surface area (Å²) in [7, 11) is 0. The molecule has 7 nitrogen and oxygen atoms in total. The number of hydrogen-bond donors (Lipinski definition) is 2. The van der Waals surface area contributed by atoms with Crippen LogP contribution in [0.5, 0.6) is 11.8 Å². The molecule has 1 fully saturated rings. The minimum Gasteiger partial charge on any atom is -0.481 e. The van der Waals surface area contributed by atoms with Crippen LogP contribution in [0.1, 0.15) is 48.4 Å². The first kappa shape index (κ1) is 27.8. The largest absolute Gasteiger partial charge is 0.481 e. The van der Waals surface area contributed by atoms with Gasteiger partial charge in [-0.05, 0) is 61.1 Å². The summed E-state index contributed by atoms with van der Waals surface area (Å²) in [5, 5.41) is 19.0. The summed E-state index contributed by atoms with van der Waals surface area (Å²) in [6.45, 7) is 2.55. The number of nitrogens with zero attached hydrogens (tertiary/aromatic N) is 2. The average molecular weight is 565 g/mol. The fourth-order valence-corrected chi connectivity index (χ4v) is 5.11. The summed E-state index contributed by atoms with van der Waals surface area (Å²) in [6, 6.07) is 3.70. The number of aliphatic carboxylic acids is 1. The SMILES string of the molecule is CC(C)(O)CCOc1ncc(-c2cc(COc3cc4c(cn3)[C@H]3[C@@H](C4)[C@@H]3C(=O)O)c(F)cc2C(F)(F)F)cc1F. The lowest BCUT2D eigenvalue weighted by Gasteiger charge is -2.18. The van der Waals surface area contributed by atoms with Gasteiger partial charge in [0.2, 0.25) is 11.8 Å². The standard InChI is InChI=1S/C28H25F5N2O5/c1-27(2,38)3-4-39-25-21(30)7-14(10-35-25)16-6-15(20(29)9-19(16)28(31,32)33)12-40-22-8-13-5-17-23(18(13)11-34-22)24(17)26(36)37/h6-11,17,23-24,38H,3-5,12H2,1-2H3,(H,36,37)/t17-,23-,24+/m1/s1. The number of fused-ring (bicyclic) bond motifs is 3. The zero-order valence-electron chi connectivity index (χ0n) is 21.4. The van der Waals surface area contributed by atoms with Crippen molar-refractivity contribution in [3.8, 4) is 22.9 Å². The predicted octanol–water partition coefficient (Wildman–Crippen LogP) is 5.53. The number of carboxylic acid groups (broad SMARTS) is 1. The highest BCUT2D eigenvalue weighted by Crippen LogP contribution is 2.61. The van der Waals surface area contributed by atoms with Gasteiger partial charge in [-0.1, -0.05) is 0 Å². The number of benzene rings is 1. The number of hydrogen-bond acceptors (Lipinski definition) is 6. The number of aromatic nitrogens is 2. The van der Waals surface area contributed by atoms with Gasteiger partial charge in [0.25, 0.3) is 0 Å². The topological polar surface area (TPSA) is 102 Å². The van der Waals surface area contributed by atoms with Crippen LogP contribution in [0.4, 0.5) is 22.0 Å². The highest BCUT2D eigenvalue weighted by atomic mass is 19.4. The van der Waals surface area contributed by atoms with Crippen molar-refractivity contribution >= 4 is 5.97 Å². The molecule has 212 valence electrons. The van der Waals surface area contributed by atoms with E-state index in [0.29, 0.717) is 12.5 Å². The van der Waals surface area contributed by atoms with Gasteiger partial charge in [0.05, 0.1) is 23.7 Å². The minimum atomic E-state index is -4.94. The number of rotatable bonds is 9. The molecule has 0 amide bonds. The van der Waals surface area contributed by atoms with Crippen LogP contribution in [0.15, 0.2) is 36.7 Å². The number of aliphatic hydroxyl groups is 1. The lowest BCUT2D eigenvalue weighted by molar-refractivity contribution is -0.139. The third-order valence-corrected chi connectivity index (χ3v) is 7.21. The second-order valence-electron chi connectivity index (χ2n) is 10.7. The van der Waals surface area contributed by atoms with Gasteiger partial charge in [0.1, 0.15) is 12.4 Å². The fourth-order valence-electron chi connectivity index (χ4n) is 5.11. The Balaban J connectivity index is 1.36. The Labute approximate surface area is 225 Å². The molecule has 2 aliphatic rings. The van der Waals surface area contributed by atoms with Crippen LogP contribution in [0.2, 0.25) is 0 Å². The van der Waals surface area contributed by atoms with Gasteiger partial charge < -0.3 is 19.7 Å². The Bertz CT molecular complexity index is 1470. The predicted molar refractivity (Wildman–Crippen MR) is 131 cm³/mol. The Morgan fingerprint density at radius 1 is 1.05 bits per heavy atom. The molecule has 2 heterocycles. The van der Waals surface area contributed by atoms with Crippen molar-refractivity contribution in [1.82, 2.24) is 9.97 Å². The lowest BCUT2D eigenvalue weighted by atomic mass is 9.97. The number of ether oxygens (including phenoxy) is 2. The number of halogens is 5. The second-order valence-corrected chi connectivity index (χ2v) is 10.7. The Morgan fingerprint density at radius 3 is 2.45 bits per heavy atom. The van der Waals surface area contributed by atoms with Gasteiger partial charge in [-0.3, -0.25) is 4.79 Å². The molecular formula is C28H25F5N2O5. The molecule has 2 aromatic heterocycles. The molecule has 0 spiro atoms. The monoisotopic (exact) mass is 564 g/mol. The molecule has 2 aliphatic carbocycles. The first-order valence-corrected chi connectivity index (χ1v) is 12.5. The number of alkyl halides is 3. The molecule has 0 radical (unpaired) electrons. The third kappa shape index (κ3) is 5.58. The van der Waals surface area contributed by atoms with E-state index in [9.17, 15) is 37.0 Å². The highest BCUT2D eigenvalue weighted by molar-refractivity contribution is 5.77. The second kappa shape index (κ2) is 9.99. The van der Waals surface area contributed by atoms with Gasteiger partial charge in [-0.2, -0.15) is 13.2 Å². The molecule has 0 saturated heterocycles. The van der Waals surface area contributed by atoms with Gasteiger partial charge in [-0.15, -0.1) is 0 Å². The lowest BCUT2D eigenvalue weighted by Crippen LogP contribution is -2.22. The normalized spacial score (nSPS) is 19.6. The summed E-state index contributed by atoms with van der Waals surface area (Å²) < 4.78 is 81.6. The van der Waals surface area contributed by atoms with Crippen molar-refractivity contribution in [3.63, 3.8) is 0 Å². The average Bonchev–Trinajstić information content (AvgIpc) is 3.45. The number of pyridine rings is 2. The summed E-state index contributed by atoms with van der Waals surface area (Å²) >= 11 is 0. The minimum absolute atomic E-state index is 0.00628. The van der Waals surface area contributed by atoms with Crippen LogP contribution in [0.3, 0.4) is 0 Å². The van der Waals surface area contributed by atoms with E-state index < -0.39 is 58.9 Å². The maximum atomic E-state index is 14.8. The van der Waals surface area contributed by atoms with Crippen LogP contribution in [0, 0.1) is 23.5 Å². The van der Waals surface area contributed by atoms with E-state index in [1.807, 2.05) is 0 Å². The summed E-state index contributed by atoms with van der Waals surface area (Å²) in [5.41, 5.74) is -1.64. The van der Waals surface area contributed by atoms with Crippen molar-refractivity contribution in [3.05, 3.63) is 70.5 Å². The van der Waals surface area contributed by atoms with Crippen LogP contribution in [-0.2, 0) is 24.0 Å². The molecule has 0 aliphatic heterocycles. The third-order valence-electron chi connectivity index (χ3n) is 7.21. The molecule has 2 N–H and O–H groups in total. The van der Waals surface area contributed by atoms with Gasteiger partial charge in [0.15, 0.2) is 5.82 Å². The van der Waals surface area contributed by atoms with E-state index in [0.717, 1.165) is 29.5 Å². The maximum Gasteiger partial charge on any atom is 0.417 e. The fraction of sp³-hybridized carbons (Fsp3) is 0.393. The maximum absolute atomic E-state index is 14.8. The van der Waals surface area contributed by atoms with Gasteiger partial charge in [-0.25, -0.2) is 18.7 Å². The molecule has 0 bridgehead atoms. The van der Waals surface area contributed by atoms with Crippen molar-refractivity contribution in [1.29, 1.82) is 0 Å². The molecule has 0 unspecified atom stereocenters. The van der Waals surface area contributed by atoms with Crippen LogP contribution in [0.25, 0.3) is 11.1 Å². The van der Waals surface area contributed by atoms with Gasteiger partial charge >= 0.3 is 12.1 Å². The first-order valence-electron chi connectivity index (χ1n) is 12.5. The van der Waals surface area contributed by atoms with Crippen molar-refractivity contribution < 1.29 is 46.4 Å². The molecule has 1 aromatic carbocycles. The molecule has 3 aromatic rings. The molecule has 1 saturated carbocycles. The van der Waals surface area contributed by atoms with E-state index in [2.05, 4.69) is 9.97 Å². The van der Waals surface area contributed by atoms with Crippen molar-refractivity contribution in [2.24, 2.45) is 11.8 Å². The Kier molecular flexibility index (Phi) is 6.93. The quantitative estimate of drug-likeness (QED) is 0.330. The van der Waals surface area contributed by atoms with E-state index >= 15 is 0 Å². The molecule has 12 heteroatoms. The zero-order chi connectivity index (χ0) is 29.0. The van der Waals surface area contributed by atoms with E-state index in [1.165, 1.54) is 20.0 Å². The molecule has 40 heavy (non-hydrogen) atoms. The van der Waals surface area contributed by atoms with E-state index in [-0.39, 0.29) is 41.9 Å². The zero-order valence-corrected chi connectivity index (χ0v) is 21.4. The van der Waals surface area contributed by atoms with Crippen molar-refractivity contribution in [2.45, 2.75) is 51.0 Å². The molecule has 3 atom stereocenters. The van der Waals surface area contributed by atoms with Crippen molar-refractivity contribution in [2.75, 3.05) is 6.61 Å². The van der Waals surface area contributed by atoms with Gasteiger partial charge in [0, 0.05) is 41.9 Å². The van der Waals surface area contributed by atoms with Crippen LogP contribution in [-0.4, -0.2) is 38.4 Å². The summed E-state index contributed by atoms with van der Waals surface area (Å²) in [4.78, 5) is 19.2. The number of carboxylic acids is 1. The summed E-state index contributed by atoms with van der Waals surface area (Å²) in [6.07, 6.45) is -1.72. The first-order chi connectivity index (χ1) is 18.7. The van der Waals surface area contributed by atoms with E-state index in [1.54, 1.807) is 6.07 Å². The molecular weight excluding hydrogens is 539 g/mol. The number of carbonyl (C=O) groups is 1. The smallest absolute Gasteiger partial charge is 0.417 e. The molecule has 5 rings (SSSR count). The van der Waals surface area contributed by atoms with Crippen LogP contribution < -0.4 is 9.47 Å². The van der Waals surface area contributed by atoms with Crippen LogP contribution >= 0.6 is 0 Å².